The van der Waals surface area contributed by atoms with E-state index in [-0.39, 0.29) is 11.5 Å². The highest BCUT2D eigenvalue weighted by atomic mass is 19.4. The number of rotatable bonds is 11. The van der Waals surface area contributed by atoms with Crippen molar-refractivity contribution in [2.75, 3.05) is 11.9 Å². The molecule has 0 spiro atoms. The Morgan fingerprint density at radius 1 is 0.892 bits per heavy atom. The number of aliphatic carboxylic acids is 1. The molecule has 2 aromatic heterocycles. The molecule has 1 aromatic carbocycles. The number of hydroxylamine groups is 1. The normalized spacial score (nSPS) is 11.0. The number of hydrogen-bond acceptors (Lipinski definition) is 7. The average molecular weight is 524 g/mol. The van der Waals surface area contributed by atoms with E-state index in [2.05, 4.69) is 15.3 Å². The summed E-state index contributed by atoms with van der Waals surface area (Å²) in [5.41, 5.74) is 2.48. The SMILES string of the molecule is O=C(CCCCCCCCNc1nc2cc(C(=O)O)ccc2c2cnccc12)NO.O=C(O)C(F)(F)F. The molecule has 0 saturated heterocycles. The summed E-state index contributed by atoms with van der Waals surface area (Å²) in [6, 6.07) is 6.87. The molecule has 0 saturated carbocycles. The standard InChI is InChI=1S/C22H26N4O4.C2HF3O2/c27-20(26-30)7-5-3-1-2-4-6-11-24-21-17-10-12-23-14-18(17)16-9-8-15(22(28)29)13-19(16)25-21;3-2(4,5)1(6)7/h8-10,12-14,30H,1-7,11H2,(H,24,25)(H,26,27)(H,28,29);(H,6,7). The number of hydrogen-bond donors (Lipinski definition) is 5. The first-order valence-corrected chi connectivity index (χ1v) is 11.4. The smallest absolute Gasteiger partial charge is 0.478 e. The Hall–Kier alpha value is -4.00. The van der Waals surface area contributed by atoms with E-state index in [1.807, 2.05) is 6.07 Å². The Balaban J connectivity index is 0.000000604. The number of carbonyl (C=O) groups excluding carboxylic acids is 1. The van der Waals surface area contributed by atoms with Crippen LogP contribution in [0.3, 0.4) is 0 Å². The monoisotopic (exact) mass is 524 g/mol. The van der Waals surface area contributed by atoms with Gasteiger partial charge in [-0.25, -0.2) is 20.1 Å². The molecular weight excluding hydrogens is 497 g/mol. The highest BCUT2D eigenvalue weighted by molar-refractivity contribution is 6.10. The third-order valence-electron chi connectivity index (χ3n) is 5.33. The number of pyridine rings is 2. The van der Waals surface area contributed by atoms with E-state index in [0.717, 1.165) is 67.0 Å². The van der Waals surface area contributed by atoms with Crippen molar-refractivity contribution in [3.63, 3.8) is 0 Å². The van der Waals surface area contributed by atoms with Gasteiger partial charge in [0.2, 0.25) is 5.91 Å². The van der Waals surface area contributed by atoms with Gasteiger partial charge in [-0.2, -0.15) is 13.2 Å². The maximum Gasteiger partial charge on any atom is 0.490 e. The number of halogens is 3. The maximum absolute atomic E-state index is 11.3. The lowest BCUT2D eigenvalue weighted by Crippen LogP contribution is -2.21. The quantitative estimate of drug-likeness (QED) is 0.103. The summed E-state index contributed by atoms with van der Waals surface area (Å²) in [5.74, 6) is -3.33. The second-order valence-electron chi connectivity index (χ2n) is 8.05. The Morgan fingerprint density at radius 2 is 1.54 bits per heavy atom. The Labute approximate surface area is 209 Å². The number of carbonyl (C=O) groups is 3. The van der Waals surface area contributed by atoms with Gasteiger partial charge in [0, 0.05) is 41.5 Å². The number of unbranched alkanes of at least 4 members (excludes halogenated alkanes) is 5. The van der Waals surface area contributed by atoms with Crippen LogP contribution in [0, 0.1) is 0 Å². The van der Waals surface area contributed by atoms with Crippen molar-refractivity contribution in [2.24, 2.45) is 0 Å². The Bertz CT molecular complexity index is 1240. The second-order valence-corrected chi connectivity index (χ2v) is 8.05. The largest absolute Gasteiger partial charge is 0.490 e. The predicted molar refractivity (Wildman–Crippen MR) is 128 cm³/mol. The number of alkyl halides is 3. The van der Waals surface area contributed by atoms with E-state index in [1.54, 1.807) is 36.1 Å². The molecule has 0 aliphatic rings. The summed E-state index contributed by atoms with van der Waals surface area (Å²) in [7, 11) is 0. The molecule has 37 heavy (non-hydrogen) atoms. The molecule has 200 valence electrons. The van der Waals surface area contributed by atoms with Gasteiger partial charge in [0.25, 0.3) is 0 Å². The number of nitrogens with zero attached hydrogens (tertiary/aromatic N) is 2. The molecule has 0 atom stereocenters. The van der Waals surface area contributed by atoms with Crippen molar-refractivity contribution >= 4 is 45.3 Å². The van der Waals surface area contributed by atoms with Crippen LogP contribution in [0.5, 0.6) is 0 Å². The lowest BCUT2D eigenvalue weighted by molar-refractivity contribution is -0.192. The molecule has 1 amide bonds. The van der Waals surface area contributed by atoms with Gasteiger partial charge in [0.05, 0.1) is 11.1 Å². The zero-order valence-corrected chi connectivity index (χ0v) is 19.7. The summed E-state index contributed by atoms with van der Waals surface area (Å²) in [4.78, 5) is 40.0. The molecule has 0 radical (unpaired) electrons. The first kappa shape index (κ1) is 29.2. The molecular formula is C24H27F3N4O6. The highest BCUT2D eigenvalue weighted by Gasteiger charge is 2.38. The molecule has 10 nitrogen and oxygen atoms in total. The summed E-state index contributed by atoms with van der Waals surface area (Å²) in [6.45, 7) is 0.765. The fourth-order valence-electron chi connectivity index (χ4n) is 3.50. The van der Waals surface area contributed by atoms with Gasteiger partial charge in [-0.15, -0.1) is 0 Å². The number of carboxylic acid groups (broad SMARTS) is 2. The third kappa shape index (κ3) is 9.18. The van der Waals surface area contributed by atoms with Crippen molar-refractivity contribution in [3.8, 4) is 0 Å². The van der Waals surface area contributed by atoms with E-state index in [0.29, 0.717) is 11.9 Å². The number of nitrogens with one attached hydrogen (secondary N) is 2. The zero-order valence-electron chi connectivity index (χ0n) is 19.7. The Morgan fingerprint density at radius 3 is 2.16 bits per heavy atom. The summed E-state index contributed by atoms with van der Waals surface area (Å²) in [6.07, 6.45) is 4.72. The zero-order chi connectivity index (χ0) is 27.4. The lowest BCUT2D eigenvalue weighted by Gasteiger charge is -2.12. The van der Waals surface area contributed by atoms with E-state index >= 15 is 0 Å². The van der Waals surface area contributed by atoms with Gasteiger partial charge in [-0.05, 0) is 31.0 Å². The molecule has 3 rings (SSSR count). The topological polar surface area (TPSA) is 162 Å². The summed E-state index contributed by atoms with van der Waals surface area (Å²) in [5, 5.41) is 31.0. The minimum absolute atomic E-state index is 0.209. The van der Waals surface area contributed by atoms with E-state index in [4.69, 9.17) is 15.1 Å². The number of amides is 1. The summed E-state index contributed by atoms with van der Waals surface area (Å²) < 4.78 is 31.7. The first-order valence-electron chi connectivity index (χ1n) is 11.4. The number of anilines is 1. The van der Waals surface area contributed by atoms with Crippen LogP contribution >= 0.6 is 0 Å². The molecule has 0 aliphatic carbocycles. The fourth-order valence-corrected chi connectivity index (χ4v) is 3.50. The number of aromatic carboxylic acids is 1. The summed E-state index contributed by atoms with van der Waals surface area (Å²) >= 11 is 0. The van der Waals surface area contributed by atoms with Crippen molar-refractivity contribution in [3.05, 3.63) is 42.2 Å². The van der Waals surface area contributed by atoms with Crippen molar-refractivity contribution in [2.45, 2.75) is 51.1 Å². The van der Waals surface area contributed by atoms with Gasteiger partial charge in [-0.1, -0.05) is 31.7 Å². The van der Waals surface area contributed by atoms with Crippen LogP contribution in [-0.2, 0) is 9.59 Å². The van der Waals surface area contributed by atoms with Crippen molar-refractivity contribution < 1.29 is 43.0 Å². The van der Waals surface area contributed by atoms with Gasteiger partial charge < -0.3 is 15.5 Å². The maximum atomic E-state index is 11.3. The first-order chi connectivity index (χ1) is 17.5. The molecule has 2 heterocycles. The molecule has 5 N–H and O–H groups in total. The van der Waals surface area contributed by atoms with Crippen LogP contribution in [-0.4, -0.2) is 56.0 Å². The molecule has 13 heteroatoms. The van der Waals surface area contributed by atoms with Crippen LogP contribution < -0.4 is 10.8 Å². The second kappa shape index (κ2) is 13.9. The molecule has 0 aliphatic heterocycles. The van der Waals surface area contributed by atoms with E-state index in [9.17, 15) is 27.9 Å². The molecule has 0 bridgehead atoms. The lowest BCUT2D eigenvalue weighted by atomic mass is 10.1. The number of aromatic nitrogens is 2. The number of carboxylic acids is 2. The van der Waals surface area contributed by atoms with Gasteiger partial charge in [0.1, 0.15) is 5.82 Å². The van der Waals surface area contributed by atoms with Crippen LogP contribution in [0.15, 0.2) is 36.7 Å². The molecule has 0 fully saturated rings. The number of fused-ring (bicyclic) bond motifs is 3. The van der Waals surface area contributed by atoms with Gasteiger partial charge in [0.15, 0.2) is 0 Å². The van der Waals surface area contributed by atoms with Gasteiger partial charge >= 0.3 is 18.1 Å². The minimum Gasteiger partial charge on any atom is -0.478 e. The molecule has 0 unspecified atom stereocenters. The third-order valence-corrected chi connectivity index (χ3v) is 5.33. The Kier molecular flexibility index (Phi) is 11.0. The predicted octanol–water partition coefficient (Wildman–Crippen LogP) is 4.76. The minimum atomic E-state index is -5.08. The van der Waals surface area contributed by atoms with Crippen LogP contribution in [0.2, 0.25) is 0 Å². The van der Waals surface area contributed by atoms with Gasteiger partial charge in [-0.3, -0.25) is 15.0 Å². The van der Waals surface area contributed by atoms with Crippen LogP contribution in [0.1, 0.15) is 55.3 Å². The van der Waals surface area contributed by atoms with Crippen LogP contribution in [0.25, 0.3) is 21.7 Å². The fraction of sp³-hybridized carbons (Fsp3) is 0.375. The van der Waals surface area contributed by atoms with E-state index in [1.165, 1.54) is 0 Å². The van der Waals surface area contributed by atoms with Crippen molar-refractivity contribution in [1.82, 2.24) is 15.4 Å². The van der Waals surface area contributed by atoms with Crippen molar-refractivity contribution in [1.29, 1.82) is 0 Å². The number of benzene rings is 1. The van der Waals surface area contributed by atoms with E-state index < -0.39 is 18.1 Å². The van der Waals surface area contributed by atoms with Crippen LogP contribution in [0.4, 0.5) is 19.0 Å². The highest BCUT2D eigenvalue weighted by Crippen LogP contribution is 2.29. The average Bonchev–Trinajstić information content (AvgIpc) is 2.86. The molecule has 3 aromatic rings.